The van der Waals surface area contributed by atoms with Gasteiger partial charge in [-0.3, -0.25) is 4.79 Å². The summed E-state index contributed by atoms with van der Waals surface area (Å²) >= 11 is 0. The quantitative estimate of drug-likeness (QED) is 0.842. The predicted octanol–water partition coefficient (Wildman–Crippen LogP) is 2.70. The molecule has 1 aromatic rings. The summed E-state index contributed by atoms with van der Waals surface area (Å²) in [7, 11) is -3.33. The monoisotopic (exact) mass is 366 g/mol. The summed E-state index contributed by atoms with van der Waals surface area (Å²) in [5.41, 5.74) is 1.92. The van der Waals surface area contributed by atoms with Gasteiger partial charge in [0.05, 0.1) is 5.75 Å². The lowest BCUT2D eigenvalue weighted by molar-refractivity contribution is -0.127. The third-order valence-corrected chi connectivity index (χ3v) is 6.91. The molecule has 25 heavy (non-hydrogen) atoms. The zero-order valence-electron chi connectivity index (χ0n) is 15.7. The molecule has 1 saturated heterocycles. The van der Waals surface area contributed by atoms with Gasteiger partial charge < -0.3 is 5.32 Å². The number of rotatable bonds is 6. The van der Waals surface area contributed by atoms with E-state index in [4.69, 9.17) is 0 Å². The molecule has 1 fully saturated rings. The van der Waals surface area contributed by atoms with Crippen molar-refractivity contribution in [1.29, 1.82) is 0 Å². The minimum Gasteiger partial charge on any atom is -0.353 e. The molecule has 1 heterocycles. The van der Waals surface area contributed by atoms with E-state index in [1.165, 1.54) is 4.31 Å². The summed E-state index contributed by atoms with van der Waals surface area (Å²) in [6.45, 7) is 8.97. The zero-order valence-corrected chi connectivity index (χ0v) is 16.5. The van der Waals surface area contributed by atoms with Crippen molar-refractivity contribution >= 4 is 15.9 Å². The average molecular weight is 367 g/mol. The van der Waals surface area contributed by atoms with Crippen LogP contribution in [0.5, 0.6) is 0 Å². The largest absolute Gasteiger partial charge is 0.353 e. The summed E-state index contributed by atoms with van der Waals surface area (Å²) < 4.78 is 26.7. The fourth-order valence-electron chi connectivity index (χ4n) is 2.89. The van der Waals surface area contributed by atoms with Crippen molar-refractivity contribution in [1.82, 2.24) is 9.62 Å². The fraction of sp³-hybridized carbons (Fsp3) is 0.632. The minimum atomic E-state index is -3.33. The van der Waals surface area contributed by atoms with Crippen LogP contribution in [0.25, 0.3) is 0 Å². The molecule has 1 N–H and O–H groups in total. The van der Waals surface area contributed by atoms with E-state index in [2.05, 4.69) is 19.2 Å². The van der Waals surface area contributed by atoms with Crippen LogP contribution in [0.2, 0.25) is 0 Å². The molecular formula is C19H30N2O3S. The summed E-state index contributed by atoms with van der Waals surface area (Å²) in [5, 5.41) is 3.04. The number of amides is 1. The first-order valence-electron chi connectivity index (χ1n) is 9.03. The van der Waals surface area contributed by atoms with Crippen molar-refractivity contribution in [2.24, 2.45) is 11.8 Å². The molecule has 2 rings (SSSR count). The van der Waals surface area contributed by atoms with Crippen LogP contribution in [0.3, 0.4) is 0 Å². The first-order valence-corrected chi connectivity index (χ1v) is 10.6. The van der Waals surface area contributed by atoms with Crippen molar-refractivity contribution in [2.75, 3.05) is 13.1 Å². The Balaban J connectivity index is 1.90. The molecule has 0 bridgehead atoms. The van der Waals surface area contributed by atoms with Gasteiger partial charge >= 0.3 is 0 Å². The standard InChI is InChI=1S/C19H30N2O3S/c1-14(2)16(4)20-19(22)18-9-11-21(12-10-18)25(23,24)13-17-7-5-15(3)6-8-17/h5-8,14,16,18H,9-13H2,1-4H3,(H,20,22)/t16-/m1/s1. The molecule has 140 valence electrons. The molecule has 0 aliphatic carbocycles. The molecule has 1 amide bonds. The van der Waals surface area contributed by atoms with Crippen LogP contribution in [0.1, 0.15) is 44.7 Å². The van der Waals surface area contributed by atoms with Crippen LogP contribution in [-0.2, 0) is 20.6 Å². The number of carbonyl (C=O) groups is 1. The summed E-state index contributed by atoms with van der Waals surface area (Å²) in [4.78, 5) is 12.3. The van der Waals surface area contributed by atoms with Crippen LogP contribution in [0.15, 0.2) is 24.3 Å². The lowest BCUT2D eigenvalue weighted by Crippen LogP contribution is -2.46. The van der Waals surface area contributed by atoms with Crippen molar-refractivity contribution in [3.05, 3.63) is 35.4 Å². The van der Waals surface area contributed by atoms with Gasteiger partial charge in [0.25, 0.3) is 0 Å². The van der Waals surface area contributed by atoms with Gasteiger partial charge in [0.1, 0.15) is 0 Å². The number of hydrogen-bond acceptors (Lipinski definition) is 3. The van der Waals surface area contributed by atoms with Gasteiger partial charge in [-0.1, -0.05) is 43.7 Å². The normalized spacial score (nSPS) is 18.3. The SMILES string of the molecule is Cc1ccc(CS(=O)(=O)N2CCC(C(=O)N[C@H](C)C(C)C)CC2)cc1. The number of nitrogens with one attached hydrogen (secondary N) is 1. The average Bonchev–Trinajstić information content (AvgIpc) is 2.56. The number of carbonyl (C=O) groups excluding carboxylic acids is 1. The van der Waals surface area contributed by atoms with Crippen LogP contribution in [0.4, 0.5) is 0 Å². The van der Waals surface area contributed by atoms with E-state index in [1.54, 1.807) is 0 Å². The lowest BCUT2D eigenvalue weighted by atomic mass is 9.96. The van der Waals surface area contributed by atoms with Gasteiger partial charge in [-0.15, -0.1) is 0 Å². The molecule has 0 aromatic heterocycles. The summed E-state index contributed by atoms with van der Waals surface area (Å²) in [6.07, 6.45) is 1.17. The van der Waals surface area contributed by atoms with Crippen molar-refractivity contribution in [2.45, 2.75) is 52.3 Å². The van der Waals surface area contributed by atoms with Crippen molar-refractivity contribution < 1.29 is 13.2 Å². The van der Waals surface area contributed by atoms with Crippen molar-refractivity contribution in [3.8, 4) is 0 Å². The van der Waals surface area contributed by atoms with E-state index in [0.29, 0.717) is 31.8 Å². The van der Waals surface area contributed by atoms with Gasteiger partial charge in [0, 0.05) is 25.0 Å². The van der Waals surface area contributed by atoms with Gasteiger partial charge in [-0.2, -0.15) is 0 Å². The molecule has 5 nitrogen and oxygen atoms in total. The van der Waals surface area contributed by atoms with Crippen molar-refractivity contribution in [3.63, 3.8) is 0 Å². The Hall–Kier alpha value is -1.40. The molecule has 0 unspecified atom stereocenters. The molecule has 1 aliphatic rings. The van der Waals surface area contributed by atoms with Gasteiger partial charge in [0.2, 0.25) is 15.9 Å². The fourth-order valence-corrected chi connectivity index (χ4v) is 4.45. The van der Waals surface area contributed by atoms with E-state index >= 15 is 0 Å². The third kappa shape index (κ3) is 5.54. The zero-order chi connectivity index (χ0) is 18.6. The first kappa shape index (κ1) is 19.9. The van der Waals surface area contributed by atoms with Crippen LogP contribution in [0, 0.1) is 18.8 Å². The number of benzene rings is 1. The molecule has 1 aliphatic heterocycles. The molecule has 0 saturated carbocycles. The second-order valence-electron chi connectivity index (χ2n) is 7.46. The van der Waals surface area contributed by atoms with Crippen LogP contribution >= 0.6 is 0 Å². The second-order valence-corrected chi connectivity index (χ2v) is 9.43. The highest BCUT2D eigenvalue weighted by atomic mass is 32.2. The summed E-state index contributed by atoms with van der Waals surface area (Å²) in [5.74, 6) is 0.372. The molecule has 1 atom stereocenters. The van der Waals surface area contributed by atoms with Crippen LogP contribution < -0.4 is 5.32 Å². The highest BCUT2D eigenvalue weighted by Gasteiger charge is 2.31. The Kier molecular flexibility index (Phi) is 6.63. The van der Waals surface area contributed by atoms with E-state index in [9.17, 15) is 13.2 Å². The van der Waals surface area contributed by atoms with Crippen LogP contribution in [-0.4, -0.2) is 37.8 Å². The van der Waals surface area contributed by atoms with E-state index in [1.807, 2.05) is 38.1 Å². The summed E-state index contributed by atoms with van der Waals surface area (Å²) in [6, 6.07) is 7.71. The molecule has 0 spiro atoms. The Morgan fingerprint density at radius 3 is 2.24 bits per heavy atom. The van der Waals surface area contributed by atoms with E-state index < -0.39 is 10.0 Å². The van der Waals surface area contributed by atoms with E-state index in [0.717, 1.165) is 11.1 Å². The second kappa shape index (κ2) is 8.32. The maximum atomic E-state index is 12.6. The number of hydrogen-bond donors (Lipinski definition) is 1. The first-order chi connectivity index (χ1) is 11.7. The molecule has 0 radical (unpaired) electrons. The van der Waals surface area contributed by atoms with Gasteiger partial charge in [-0.25, -0.2) is 12.7 Å². The number of nitrogens with zero attached hydrogens (tertiary/aromatic N) is 1. The smallest absolute Gasteiger partial charge is 0.223 e. The highest BCUT2D eigenvalue weighted by Crippen LogP contribution is 2.22. The number of aryl methyl sites for hydroxylation is 1. The molecule has 1 aromatic carbocycles. The van der Waals surface area contributed by atoms with Gasteiger partial charge in [0.15, 0.2) is 0 Å². The maximum absolute atomic E-state index is 12.6. The number of sulfonamides is 1. The number of piperidine rings is 1. The molecular weight excluding hydrogens is 336 g/mol. The Morgan fingerprint density at radius 2 is 1.72 bits per heavy atom. The predicted molar refractivity (Wildman–Crippen MR) is 101 cm³/mol. The lowest BCUT2D eigenvalue weighted by Gasteiger charge is -2.31. The minimum absolute atomic E-state index is 0.0223. The Labute approximate surface area is 151 Å². The maximum Gasteiger partial charge on any atom is 0.223 e. The Morgan fingerprint density at radius 1 is 1.16 bits per heavy atom. The van der Waals surface area contributed by atoms with E-state index in [-0.39, 0.29) is 23.6 Å². The highest BCUT2D eigenvalue weighted by molar-refractivity contribution is 7.88. The topological polar surface area (TPSA) is 66.5 Å². The molecule has 6 heteroatoms. The Bertz CT molecular complexity index is 675. The van der Waals surface area contributed by atoms with Gasteiger partial charge in [-0.05, 0) is 38.2 Å². The third-order valence-electron chi connectivity index (χ3n) is 5.06.